The molecule has 42 heteroatoms. The van der Waals surface area contributed by atoms with Crippen molar-refractivity contribution in [1.29, 1.82) is 0 Å². The third-order valence-electron chi connectivity index (χ3n) is 5.64. The van der Waals surface area contributed by atoms with Crippen LogP contribution in [-0.2, 0) is 28.5 Å². The molecule has 0 saturated carbocycles. The number of carbonyl (C=O) groups excluding carboxylic acids is 1. The van der Waals surface area contributed by atoms with Crippen molar-refractivity contribution >= 4 is 6.04 Å². The summed E-state index contributed by atoms with van der Waals surface area (Å²) in [6, 6.07) is -5.29. The fourth-order valence-corrected chi connectivity index (χ4v) is 2.71. The van der Waals surface area contributed by atoms with E-state index in [1.807, 2.05) is 0 Å². The first kappa shape index (κ1) is 57.0. The molecule has 6 nitrogen and oxygen atoms in total. The van der Waals surface area contributed by atoms with Crippen LogP contribution in [-0.4, -0.2) is 109 Å². The van der Waals surface area contributed by atoms with Crippen LogP contribution in [0.4, 0.5) is 158 Å². The van der Waals surface area contributed by atoms with Crippen LogP contribution < -0.4 is 0 Å². The molecule has 60 heavy (non-hydrogen) atoms. The molecule has 0 amide bonds. The molecule has 0 aliphatic rings. The smallest absolute Gasteiger partial charge is 0.263 e. The van der Waals surface area contributed by atoms with E-state index < -0.39 is 109 Å². The van der Waals surface area contributed by atoms with Gasteiger partial charge in [-0.25, -0.2) is 0 Å². The topological polar surface area (TPSA) is 63.2 Å². The summed E-state index contributed by atoms with van der Waals surface area (Å²) in [7, 11) is 0. The second-order valence-electron chi connectivity index (χ2n) is 9.91. The largest absolute Gasteiger partial charge is 0.462 e. The van der Waals surface area contributed by atoms with E-state index in [0.717, 1.165) is 14.2 Å². The molecule has 0 aliphatic heterocycles. The standard InChI is InChI=1S/C18F36O6/c19-1(55)2(20,8(27,28)29)56-15(47,48)4(23,10(33,34)35)58-17(51,52)6(25,12(39,40)41)60-18(53,54)7(26,13(42,43)44)59-16(49,50)5(24,11(36,37)38)57-14(45,46)3(21,22)9(30,31)32/t2-,4+,5+,6+,7-/m0/s1. The lowest BCUT2D eigenvalue weighted by Gasteiger charge is -2.44. The molecule has 0 fully saturated rings. The molecule has 0 N–H and O–H groups in total. The van der Waals surface area contributed by atoms with Crippen molar-refractivity contribution in [2.45, 2.75) is 103 Å². The summed E-state index contributed by atoms with van der Waals surface area (Å²) in [5, 5.41) is 0. The maximum atomic E-state index is 14.5. The van der Waals surface area contributed by atoms with E-state index in [2.05, 4.69) is 0 Å². The van der Waals surface area contributed by atoms with Crippen LogP contribution in [0.1, 0.15) is 0 Å². The summed E-state index contributed by atoms with van der Waals surface area (Å²) < 4.78 is 483. The Labute approximate surface area is 297 Å². The SMILES string of the molecule is O=C(F)[C@](F)(OC(F)(F)[C@](F)(OC(F)(F)[C@](F)(OC(F)(F)[C@@](F)(OC(F)(F)[C@](F)(OC(F)(F)C(F)(F)C(F)(F)F)C(F)(F)F)C(F)(F)F)C(F)(F)F)C(F)(F)F)C(F)(F)F. The zero-order chi connectivity index (χ0) is 49.6. The van der Waals surface area contributed by atoms with Gasteiger partial charge in [-0.2, -0.15) is 158 Å². The van der Waals surface area contributed by atoms with Gasteiger partial charge in [0.1, 0.15) is 0 Å². The first-order valence-corrected chi connectivity index (χ1v) is 12.0. The maximum absolute atomic E-state index is 14.5. The van der Waals surface area contributed by atoms with Crippen LogP contribution >= 0.6 is 0 Å². The molecular weight excluding hydrogens is 996 g/mol. The normalized spacial score (nSPS) is 20.7. The molecule has 0 aromatic carbocycles. The molecule has 0 spiro atoms. The van der Waals surface area contributed by atoms with Gasteiger partial charge in [0.05, 0.1) is 0 Å². The van der Waals surface area contributed by atoms with Gasteiger partial charge in [0.25, 0.3) is 0 Å². The van der Waals surface area contributed by atoms with Crippen molar-refractivity contribution in [3.63, 3.8) is 0 Å². The Balaban J connectivity index is 8.02. The summed E-state index contributed by atoms with van der Waals surface area (Å²) >= 11 is 0. The first-order chi connectivity index (χ1) is 25.2. The quantitative estimate of drug-likeness (QED) is 0.113. The Hall–Kier alpha value is -3.05. The average Bonchev–Trinajstić information content (AvgIpc) is 2.91. The summed E-state index contributed by atoms with van der Waals surface area (Å²) in [4.78, 5) is 10.1. The number of halogens is 36. The molecule has 0 aromatic rings. The lowest BCUT2D eigenvalue weighted by molar-refractivity contribution is -0.600. The van der Waals surface area contributed by atoms with E-state index in [1.54, 1.807) is 0 Å². The average molecular weight is 996 g/mol. The zero-order valence-corrected chi connectivity index (χ0v) is 25.1. The minimum atomic E-state index is -9.64. The summed E-state index contributed by atoms with van der Waals surface area (Å²) in [5.41, 5.74) is 0. The number of rotatable bonds is 16. The van der Waals surface area contributed by atoms with Gasteiger partial charge in [0, 0.05) is 0 Å². The minimum Gasteiger partial charge on any atom is -0.263 e. The molecule has 5 atom stereocenters. The minimum absolute atomic E-state index is 0.652. The second-order valence-corrected chi connectivity index (χ2v) is 9.91. The molecule has 0 aliphatic carbocycles. The van der Waals surface area contributed by atoms with Crippen LogP contribution in [0.15, 0.2) is 0 Å². The lowest BCUT2D eigenvalue weighted by Crippen LogP contribution is -2.73. The highest BCUT2D eigenvalue weighted by atomic mass is 19.5. The van der Waals surface area contributed by atoms with Crippen molar-refractivity contribution in [1.82, 2.24) is 0 Å². The molecule has 360 valence electrons. The number of hydrogen-bond acceptors (Lipinski definition) is 6. The van der Waals surface area contributed by atoms with E-state index >= 15 is 0 Å². The molecular formula is C18F36O6. The van der Waals surface area contributed by atoms with Gasteiger partial charge in [-0.05, 0) is 0 Å². The van der Waals surface area contributed by atoms with Gasteiger partial charge in [-0.3, -0.25) is 28.5 Å². The van der Waals surface area contributed by atoms with Gasteiger partial charge in [0.2, 0.25) is 0 Å². The van der Waals surface area contributed by atoms with Crippen molar-refractivity contribution in [2.24, 2.45) is 0 Å². The molecule has 0 heterocycles. The van der Waals surface area contributed by atoms with Gasteiger partial charge in [-0.1, -0.05) is 0 Å². The number of hydrogen-bond donors (Lipinski definition) is 0. The van der Waals surface area contributed by atoms with E-state index in [1.165, 1.54) is 0 Å². The Morgan fingerprint density at radius 2 is 0.433 bits per heavy atom. The van der Waals surface area contributed by atoms with Crippen molar-refractivity contribution < 1.29 is 187 Å². The first-order valence-electron chi connectivity index (χ1n) is 12.0. The molecule has 0 unspecified atom stereocenters. The van der Waals surface area contributed by atoms with Crippen LogP contribution in [0.2, 0.25) is 0 Å². The van der Waals surface area contributed by atoms with Crippen LogP contribution in [0.3, 0.4) is 0 Å². The van der Waals surface area contributed by atoms with Crippen molar-refractivity contribution in [3.8, 4) is 0 Å². The summed E-state index contributed by atoms with van der Waals surface area (Å²) in [6.45, 7) is 0. The van der Waals surface area contributed by atoms with E-state index in [0.29, 0.717) is 9.47 Å². The summed E-state index contributed by atoms with van der Waals surface area (Å²) in [5.74, 6) is -54.2. The molecule has 0 rings (SSSR count). The second kappa shape index (κ2) is 14.8. The Bertz CT molecular complexity index is 1530. The van der Waals surface area contributed by atoms with Crippen LogP contribution in [0.5, 0.6) is 0 Å². The number of carbonyl (C=O) groups is 1. The molecule has 0 saturated heterocycles. The maximum Gasteiger partial charge on any atom is 0.462 e. The van der Waals surface area contributed by atoms with Gasteiger partial charge in [-0.15, -0.1) is 0 Å². The van der Waals surface area contributed by atoms with Gasteiger partial charge in [0.15, 0.2) is 0 Å². The fourth-order valence-electron chi connectivity index (χ4n) is 2.71. The van der Waals surface area contributed by atoms with Crippen molar-refractivity contribution in [3.05, 3.63) is 0 Å². The summed E-state index contributed by atoms with van der Waals surface area (Å²) in [6.07, 6.45) is -98.7. The number of ether oxygens (including phenoxy) is 5. The third-order valence-corrected chi connectivity index (χ3v) is 5.64. The van der Waals surface area contributed by atoms with Crippen LogP contribution in [0.25, 0.3) is 0 Å². The molecule has 0 bridgehead atoms. The monoisotopic (exact) mass is 996 g/mol. The highest BCUT2D eigenvalue weighted by Gasteiger charge is 2.91. The Morgan fingerprint density at radius 3 is 0.583 bits per heavy atom. The molecule has 0 aromatic heterocycles. The lowest BCUT2D eigenvalue weighted by atomic mass is 10.2. The predicted octanol–water partition coefficient (Wildman–Crippen LogP) is 10.9. The fraction of sp³-hybridized carbons (Fsp3) is 0.944. The van der Waals surface area contributed by atoms with E-state index in [4.69, 9.17) is 0 Å². The van der Waals surface area contributed by atoms with Gasteiger partial charge >= 0.3 is 109 Å². The highest BCUT2D eigenvalue weighted by Crippen LogP contribution is 2.62. The molecule has 0 radical (unpaired) electrons. The third kappa shape index (κ3) is 9.19. The van der Waals surface area contributed by atoms with Crippen LogP contribution in [0, 0.1) is 0 Å². The number of alkyl halides is 35. The highest BCUT2D eigenvalue weighted by molar-refractivity contribution is 5.77. The Morgan fingerprint density at radius 1 is 0.250 bits per heavy atom. The van der Waals surface area contributed by atoms with E-state index in [-0.39, 0.29) is 0 Å². The predicted molar refractivity (Wildman–Crippen MR) is 96.7 cm³/mol. The van der Waals surface area contributed by atoms with Gasteiger partial charge < -0.3 is 0 Å². The Kier molecular flexibility index (Phi) is 14.0. The van der Waals surface area contributed by atoms with E-state index in [9.17, 15) is 163 Å². The zero-order valence-electron chi connectivity index (χ0n) is 25.1. The van der Waals surface area contributed by atoms with Crippen molar-refractivity contribution in [2.75, 3.05) is 0 Å².